The molecular weight excluding hydrogens is 461 g/mol. The molecule has 8 nitrogen and oxygen atoms in total. The normalized spacial score (nSPS) is 12.0. The summed E-state index contributed by atoms with van der Waals surface area (Å²) in [5.41, 5.74) is 0.664. The number of hydrogen-bond acceptors (Lipinski definition) is 5. The zero-order valence-corrected chi connectivity index (χ0v) is 20.8. The van der Waals surface area contributed by atoms with E-state index in [1.807, 2.05) is 0 Å². The van der Waals surface area contributed by atoms with Gasteiger partial charge in [0.25, 0.3) is 0 Å². The van der Waals surface area contributed by atoms with Crippen LogP contribution >= 0.6 is 0 Å². The summed E-state index contributed by atoms with van der Waals surface area (Å²) in [6.45, 7) is 3.71. The highest BCUT2D eigenvalue weighted by Gasteiger charge is 2.27. The van der Waals surface area contributed by atoms with Crippen LogP contribution in [0.4, 0.5) is 10.1 Å². The van der Waals surface area contributed by atoms with Crippen molar-refractivity contribution in [2.24, 2.45) is 0 Å². The smallest absolute Gasteiger partial charge is 0.242 e. The summed E-state index contributed by atoms with van der Waals surface area (Å²) in [5, 5.41) is 2.68. The molecule has 2 aromatic rings. The summed E-state index contributed by atoms with van der Waals surface area (Å²) in [7, 11) is -2.19. The zero-order valence-electron chi connectivity index (χ0n) is 20.0. The van der Waals surface area contributed by atoms with Crippen molar-refractivity contribution in [1.29, 1.82) is 0 Å². The van der Waals surface area contributed by atoms with E-state index in [9.17, 15) is 22.4 Å². The summed E-state index contributed by atoms with van der Waals surface area (Å²) in [4.78, 5) is 26.9. The van der Waals surface area contributed by atoms with Crippen LogP contribution < -0.4 is 14.4 Å². The van der Waals surface area contributed by atoms with E-state index in [0.29, 0.717) is 23.5 Å². The van der Waals surface area contributed by atoms with E-state index in [0.717, 1.165) is 6.26 Å². The van der Waals surface area contributed by atoms with E-state index in [2.05, 4.69) is 5.32 Å². The Kier molecular flexibility index (Phi) is 9.85. The van der Waals surface area contributed by atoms with Crippen LogP contribution in [0.1, 0.15) is 32.3 Å². The van der Waals surface area contributed by atoms with Gasteiger partial charge in [0.2, 0.25) is 21.8 Å². The number of halogens is 1. The second-order valence-electron chi connectivity index (χ2n) is 7.79. The van der Waals surface area contributed by atoms with E-state index in [1.165, 1.54) is 22.4 Å². The van der Waals surface area contributed by atoms with Gasteiger partial charge in [0.15, 0.2) is 0 Å². The Morgan fingerprint density at radius 1 is 1.12 bits per heavy atom. The van der Waals surface area contributed by atoms with Gasteiger partial charge in [-0.1, -0.05) is 30.3 Å². The summed E-state index contributed by atoms with van der Waals surface area (Å²) in [6.07, 6.45) is 1.25. The molecule has 0 fully saturated rings. The minimum Gasteiger partial charge on any atom is -0.495 e. The largest absolute Gasteiger partial charge is 0.495 e. The molecule has 0 bridgehead atoms. The first-order valence-electron chi connectivity index (χ1n) is 11.0. The highest BCUT2D eigenvalue weighted by atomic mass is 32.2. The topological polar surface area (TPSA) is 96.0 Å². The lowest BCUT2D eigenvalue weighted by atomic mass is 10.1. The number of anilines is 1. The van der Waals surface area contributed by atoms with Crippen molar-refractivity contribution in [3.05, 3.63) is 59.9 Å². The second-order valence-corrected chi connectivity index (χ2v) is 9.70. The number of sulfonamides is 1. The monoisotopic (exact) mass is 493 g/mol. The van der Waals surface area contributed by atoms with Crippen LogP contribution in [0.15, 0.2) is 48.5 Å². The Labute approximate surface area is 200 Å². The highest BCUT2D eigenvalue weighted by Crippen LogP contribution is 2.29. The maximum atomic E-state index is 14.3. The number of ether oxygens (including phenoxy) is 1. The van der Waals surface area contributed by atoms with Crippen molar-refractivity contribution in [2.75, 3.05) is 30.8 Å². The first-order valence-corrected chi connectivity index (χ1v) is 12.9. The van der Waals surface area contributed by atoms with Gasteiger partial charge < -0.3 is 15.0 Å². The number of benzene rings is 2. The molecule has 2 amide bonds. The van der Waals surface area contributed by atoms with Crippen LogP contribution in [0, 0.1) is 5.82 Å². The quantitative estimate of drug-likeness (QED) is 0.491. The van der Waals surface area contributed by atoms with Crippen molar-refractivity contribution >= 4 is 27.5 Å². The molecule has 0 saturated heterocycles. The van der Waals surface area contributed by atoms with E-state index in [1.54, 1.807) is 56.3 Å². The molecule has 0 aromatic heterocycles. The molecule has 0 unspecified atom stereocenters. The molecule has 2 aromatic carbocycles. The molecular formula is C24H32FN3O5S. The van der Waals surface area contributed by atoms with E-state index < -0.39 is 21.9 Å². The molecule has 0 spiro atoms. The second kappa shape index (κ2) is 12.4. The third-order valence-corrected chi connectivity index (χ3v) is 6.50. The maximum Gasteiger partial charge on any atom is 0.242 e. The average molecular weight is 494 g/mol. The number of carbonyl (C=O) groups excluding carboxylic acids is 2. The molecule has 0 radical (unpaired) electrons. The van der Waals surface area contributed by atoms with Crippen molar-refractivity contribution in [1.82, 2.24) is 10.2 Å². The summed E-state index contributed by atoms with van der Waals surface area (Å²) in [6, 6.07) is 12.0. The number of para-hydroxylation sites is 2. The van der Waals surface area contributed by atoms with Crippen LogP contribution in [0.3, 0.4) is 0 Å². The third-order valence-electron chi connectivity index (χ3n) is 5.32. The fourth-order valence-electron chi connectivity index (χ4n) is 3.53. The van der Waals surface area contributed by atoms with Crippen LogP contribution in [-0.4, -0.2) is 57.6 Å². The molecule has 186 valence electrons. The predicted octanol–water partition coefficient (Wildman–Crippen LogP) is 2.93. The van der Waals surface area contributed by atoms with Crippen LogP contribution in [0.25, 0.3) is 0 Å². The SMILES string of the molecule is CCNC(=O)[C@@H](C)N(Cc1ccccc1F)C(=O)CCCN(c1ccccc1OC)S(C)(=O)=O. The molecule has 10 heteroatoms. The lowest BCUT2D eigenvalue weighted by molar-refractivity contribution is -0.140. The number of nitrogens with one attached hydrogen (secondary N) is 1. The minimum atomic E-state index is -3.65. The van der Waals surface area contributed by atoms with Gasteiger partial charge in [-0.15, -0.1) is 0 Å². The third kappa shape index (κ3) is 7.18. The first kappa shape index (κ1) is 27.1. The van der Waals surface area contributed by atoms with Gasteiger partial charge >= 0.3 is 0 Å². The number of likely N-dealkylation sites (N-methyl/N-ethyl adjacent to an activating group) is 1. The first-order chi connectivity index (χ1) is 16.1. The molecule has 0 saturated carbocycles. The fourth-order valence-corrected chi connectivity index (χ4v) is 4.50. The van der Waals surface area contributed by atoms with Crippen molar-refractivity contribution in [3.63, 3.8) is 0 Å². The maximum absolute atomic E-state index is 14.3. The number of hydrogen-bond donors (Lipinski definition) is 1. The molecule has 0 aliphatic rings. The molecule has 0 aliphatic carbocycles. The van der Waals surface area contributed by atoms with Crippen LogP contribution in [-0.2, 0) is 26.2 Å². The number of nitrogens with zero attached hydrogens (tertiary/aromatic N) is 2. The van der Waals surface area contributed by atoms with Crippen LogP contribution in [0.2, 0.25) is 0 Å². The molecule has 1 atom stereocenters. The average Bonchev–Trinajstić information content (AvgIpc) is 2.80. The predicted molar refractivity (Wildman–Crippen MR) is 130 cm³/mol. The lowest BCUT2D eigenvalue weighted by Crippen LogP contribution is -2.47. The summed E-state index contributed by atoms with van der Waals surface area (Å²) in [5.74, 6) is -0.803. The van der Waals surface area contributed by atoms with Crippen molar-refractivity contribution in [3.8, 4) is 5.75 Å². The molecule has 0 heterocycles. The molecule has 34 heavy (non-hydrogen) atoms. The number of rotatable bonds is 12. The van der Waals surface area contributed by atoms with Gasteiger partial charge in [0.05, 0.1) is 19.1 Å². The fraction of sp³-hybridized carbons (Fsp3) is 0.417. The molecule has 1 N–H and O–H groups in total. The van der Waals surface area contributed by atoms with Gasteiger partial charge in [-0.3, -0.25) is 13.9 Å². The van der Waals surface area contributed by atoms with Gasteiger partial charge in [-0.25, -0.2) is 12.8 Å². The number of amides is 2. The highest BCUT2D eigenvalue weighted by molar-refractivity contribution is 7.92. The van der Waals surface area contributed by atoms with E-state index >= 15 is 0 Å². The number of methoxy groups -OCH3 is 1. The van der Waals surface area contributed by atoms with Gasteiger partial charge in [-0.05, 0) is 38.5 Å². The van der Waals surface area contributed by atoms with Gasteiger partial charge in [0, 0.05) is 31.6 Å². The van der Waals surface area contributed by atoms with Crippen molar-refractivity contribution in [2.45, 2.75) is 39.3 Å². The Bertz CT molecular complexity index is 1090. The standard InChI is InChI=1S/C24H32FN3O5S/c1-5-26-24(30)18(2)27(17-19-11-6-7-12-20(19)25)23(29)15-10-16-28(34(4,31)32)21-13-8-9-14-22(21)33-3/h6-9,11-14,18H,5,10,15-17H2,1-4H3,(H,26,30)/t18-/m1/s1. The molecule has 0 aliphatic heterocycles. The zero-order chi connectivity index (χ0) is 25.3. The Hall–Kier alpha value is -3.14. The van der Waals surface area contributed by atoms with E-state index in [4.69, 9.17) is 4.74 Å². The molecule has 2 rings (SSSR count). The Morgan fingerprint density at radius 2 is 1.76 bits per heavy atom. The minimum absolute atomic E-state index is 0.0284. The number of carbonyl (C=O) groups is 2. The summed E-state index contributed by atoms with van der Waals surface area (Å²) < 4.78 is 45.6. The van der Waals surface area contributed by atoms with E-state index in [-0.39, 0.29) is 37.7 Å². The summed E-state index contributed by atoms with van der Waals surface area (Å²) >= 11 is 0. The van der Waals surface area contributed by atoms with Gasteiger partial charge in [0.1, 0.15) is 17.6 Å². The van der Waals surface area contributed by atoms with Crippen LogP contribution in [0.5, 0.6) is 5.75 Å². The van der Waals surface area contributed by atoms with Crippen molar-refractivity contribution < 1.29 is 27.1 Å². The lowest BCUT2D eigenvalue weighted by Gasteiger charge is -2.29. The Balaban J connectivity index is 2.20. The Morgan fingerprint density at radius 3 is 2.38 bits per heavy atom. The van der Waals surface area contributed by atoms with Gasteiger partial charge in [-0.2, -0.15) is 0 Å².